The lowest BCUT2D eigenvalue weighted by molar-refractivity contribution is 0.952. The van der Waals surface area contributed by atoms with Crippen molar-refractivity contribution in [1.29, 1.82) is 0 Å². The highest BCUT2D eigenvalue weighted by Crippen LogP contribution is 2.26. The molecule has 2 N–H and O–H groups in total. The Morgan fingerprint density at radius 3 is 2.86 bits per heavy atom. The van der Waals surface area contributed by atoms with Gasteiger partial charge in [0, 0.05) is 31.1 Å². The summed E-state index contributed by atoms with van der Waals surface area (Å²) in [5.74, 6) is 1.60. The average molecular weight is 319 g/mol. The van der Waals surface area contributed by atoms with Crippen molar-refractivity contribution in [1.82, 2.24) is 15.0 Å². The van der Waals surface area contributed by atoms with E-state index in [-0.39, 0.29) is 0 Å². The van der Waals surface area contributed by atoms with Crippen LogP contribution in [0, 0.1) is 0 Å². The van der Waals surface area contributed by atoms with E-state index >= 15 is 0 Å². The smallest absolute Gasteiger partial charge is 0.226 e. The number of anilines is 2. The van der Waals surface area contributed by atoms with Crippen LogP contribution in [0.2, 0.25) is 0 Å². The molecular weight excluding hydrogens is 302 g/mol. The lowest BCUT2D eigenvalue weighted by Gasteiger charge is -2.09. The fourth-order valence-corrected chi connectivity index (χ4v) is 3.35. The van der Waals surface area contributed by atoms with Crippen LogP contribution >= 0.6 is 22.7 Å². The van der Waals surface area contributed by atoms with Crippen LogP contribution in [0.5, 0.6) is 0 Å². The summed E-state index contributed by atoms with van der Waals surface area (Å²) in [6, 6.07) is 2.06. The molecule has 0 fully saturated rings. The van der Waals surface area contributed by atoms with Crippen LogP contribution in [0.15, 0.2) is 23.0 Å². The highest BCUT2D eigenvalue weighted by molar-refractivity contribution is 7.16. The Kier molecular flexibility index (Phi) is 4.62. The summed E-state index contributed by atoms with van der Waals surface area (Å²) in [6.45, 7) is 3.84. The molecule has 0 radical (unpaired) electrons. The summed E-state index contributed by atoms with van der Waals surface area (Å²) in [4.78, 5) is 14.4. The second kappa shape index (κ2) is 6.82. The summed E-state index contributed by atoms with van der Waals surface area (Å²) in [7, 11) is 0. The van der Waals surface area contributed by atoms with Gasteiger partial charge in [0.15, 0.2) is 0 Å². The molecule has 0 unspecified atom stereocenters. The van der Waals surface area contributed by atoms with Gasteiger partial charge in [0.1, 0.15) is 10.6 Å². The maximum atomic E-state index is 4.59. The Balaban J connectivity index is 1.74. The Bertz CT molecular complexity index is 693. The lowest BCUT2D eigenvalue weighted by Crippen LogP contribution is -2.10. The molecule has 0 aliphatic heterocycles. The molecule has 0 saturated carbocycles. The zero-order valence-electron chi connectivity index (χ0n) is 11.8. The van der Waals surface area contributed by atoms with E-state index in [1.165, 1.54) is 0 Å². The molecular formula is C14H17N5S2. The van der Waals surface area contributed by atoms with Crippen molar-refractivity contribution < 1.29 is 0 Å². The third kappa shape index (κ3) is 3.48. The minimum Gasteiger partial charge on any atom is -0.369 e. The maximum absolute atomic E-state index is 4.59. The molecule has 0 aromatic carbocycles. The van der Waals surface area contributed by atoms with Crippen LogP contribution < -0.4 is 10.6 Å². The largest absolute Gasteiger partial charge is 0.369 e. The van der Waals surface area contributed by atoms with Gasteiger partial charge < -0.3 is 10.6 Å². The van der Waals surface area contributed by atoms with Crippen LogP contribution in [0.3, 0.4) is 0 Å². The predicted molar refractivity (Wildman–Crippen MR) is 90.5 cm³/mol. The van der Waals surface area contributed by atoms with E-state index in [2.05, 4.69) is 44.0 Å². The van der Waals surface area contributed by atoms with E-state index in [0.717, 1.165) is 47.0 Å². The molecule has 3 heterocycles. The number of rotatable bonds is 7. The van der Waals surface area contributed by atoms with Crippen LogP contribution in [0.4, 0.5) is 11.8 Å². The fraction of sp³-hybridized carbons (Fsp3) is 0.357. The first-order valence-corrected chi connectivity index (χ1v) is 8.74. The molecule has 3 aromatic heterocycles. The summed E-state index contributed by atoms with van der Waals surface area (Å²) in [5, 5.41) is 12.9. The van der Waals surface area contributed by atoms with Crippen LogP contribution in [-0.4, -0.2) is 28.0 Å². The van der Waals surface area contributed by atoms with Crippen LogP contribution in [0.25, 0.3) is 10.2 Å². The van der Waals surface area contributed by atoms with Crippen LogP contribution in [0.1, 0.15) is 18.4 Å². The van der Waals surface area contributed by atoms with Crippen molar-refractivity contribution in [2.75, 3.05) is 23.7 Å². The van der Waals surface area contributed by atoms with Gasteiger partial charge in [-0.05, 0) is 17.9 Å². The van der Waals surface area contributed by atoms with Gasteiger partial charge in [-0.25, -0.2) is 9.97 Å². The summed E-state index contributed by atoms with van der Waals surface area (Å²) in [6.07, 6.45) is 3.80. The Morgan fingerprint density at radius 2 is 2.05 bits per heavy atom. The molecule has 0 atom stereocenters. The van der Waals surface area contributed by atoms with Gasteiger partial charge in [-0.1, -0.05) is 6.92 Å². The van der Waals surface area contributed by atoms with Gasteiger partial charge in [0.05, 0.1) is 10.4 Å². The molecule has 0 aliphatic carbocycles. The highest BCUT2D eigenvalue weighted by Gasteiger charge is 2.08. The van der Waals surface area contributed by atoms with Gasteiger partial charge in [-0.15, -0.1) is 22.7 Å². The van der Waals surface area contributed by atoms with Crippen molar-refractivity contribution in [3.05, 3.63) is 28.0 Å². The predicted octanol–water partition coefficient (Wildman–Crippen LogP) is 3.62. The minimum absolute atomic E-state index is 0.698. The van der Waals surface area contributed by atoms with Crippen molar-refractivity contribution in [2.24, 2.45) is 0 Å². The van der Waals surface area contributed by atoms with E-state index in [9.17, 15) is 0 Å². The number of aromatic nitrogens is 3. The third-order valence-electron chi connectivity index (χ3n) is 2.97. The first kappa shape index (κ1) is 14.2. The number of hydrogen-bond acceptors (Lipinski definition) is 7. The molecule has 7 heteroatoms. The number of thiazole rings is 1. The van der Waals surface area contributed by atoms with Gasteiger partial charge in [0.25, 0.3) is 0 Å². The van der Waals surface area contributed by atoms with Crippen molar-refractivity contribution >= 4 is 44.7 Å². The van der Waals surface area contributed by atoms with Crippen LogP contribution in [-0.2, 0) is 6.42 Å². The topological polar surface area (TPSA) is 62.7 Å². The zero-order chi connectivity index (χ0) is 14.5. The molecule has 0 aliphatic rings. The highest BCUT2D eigenvalue weighted by atomic mass is 32.1. The van der Waals surface area contributed by atoms with E-state index in [1.807, 2.05) is 11.6 Å². The number of hydrogen-bond donors (Lipinski definition) is 2. The van der Waals surface area contributed by atoms with Crippen molar-refractivity contribution in [3.63, 3.8) is 0 Å². The summed E-state index contributed by atoms with van der Waals surface area (Å²) >= 11 is 3.32. The van der Waals surface area contributed by atoms with Gasteiger partial charge >= 0.3 is 0 Å². The second-order valence-electron chi connectivity index (χ2n) is 4.56. The quantitative estimate of drug-likeness (QED) is 0.696. The minimum atomic E-state index is 0.698. The normalized spacial score (nSPS) is 10.9. The number of nitrogens with zero attached hydrogens (tertiary/aromatic N) is 3. The van der Waals surface area contributed by atoms with E-state index in [4.69, 9.17) is 0 Å². The SMILES string of the molecule is CCCNc1nc(NCCc2nccs2)c2ccsc2n1. The first-order valence-electron chi connectivity index (χ1n) is 6.98. The first-order chi connectivity index (χ1) is 10.4. The number of nitrogens with one attached hydrogen (secondary N) is 2. The third-order valence-corrected chi connectivity index (χ3v) is 4.62. The molecule has 21 heavy (non-hydrogen) atoms. The number of thiophene rings is 1. The van der Waals surface area contributed by atoms with E-state index in [0.29, 0.717) is 5.95 Å². The second-order valence-corrected chi connectivity index (χ2v) is 6.44. The Labute approximate surface area is 131 Å². The van der Waals surface area contributed by atoms with E-state index in [1.54, 1.807) is 22.7 Å². The summed E-state index contributed by atoms with van der Waals surface area (Å²) in [5.41, 5.74) is 0. The Morgan fingerprint density at radius 1 is 1.10 bits per heavy atom. The maximum Gasteiger partial charge on any atom is 0.226 e. The van der Waals surface area contributed by atoms with Crippen molar-refractivity contribution in [3.8, 4) is 0 Å². The van der Waals surface area contributed by atoms with Gasteiger partial charge in [-0.3, -0.25) is 0 Å². The monoisotopic (exact) mass is 319 g/mol. The zero-order valence-corrected chi connectivity index (χ0v) is 13.4. The lowest BCUT2D eigenvalue weighted by atomic mass is 10.3. The standard InChI is InChI=1S/C14H17N5S2/c1-2-5-17-14-18-12(10-4-8-21-13(10)19-14)16-6-3-11-15-7-9-20-11/h4,7-9H,2-3,5-6H2,1H3,(H2,16,17,18,19). The Hall–Kier alpha value is -1.73. The molecule has 0 bridgehead atoms. The van der Waals surface area contributed by atoms with Gasteiger partial charge in [-0.2, -0.15) is 4.98 Å². The van der Waals surface area contributed by atoms with Gasteiger partial charge in [0.2, 0.25) is 5.95 Å². The average Bonchev–Trinajstić information content (AvgIpc) is 3.15. The van der Waals surface area contributed by atoms with Crippen molar-refractivity contribution in [2.45, 2.75) is 19.8 Å². The molecule has 0 amide bonds. The fourth-order valence-electron chi connectivity index (χ4n) is 1.97. The molecule has 0 spiro atoms. The molecule has 5 nitrogen and oxygen atoms in total. The molecule has 0 saturated heterocycles. The summed E-state index contributed by atoms with van der Waals surface area (Å²) < 4.78 is 0. The number of fused-ring (bicyclic) bond motifs is 1. The molecule has 3 rings (SSSR count). The van der Waals surface area contributed by atoms with E-state index < -0.39 is 0 Å². The molecule has 110 valence electrons. The molecule has 3 aromatic rings.